The zero-order valence-corrected chi connectivity index (χ0v) is 48.4. The van der Waals surface area contributed by atoms with Crippen molar-refractivity contribution in [3.8, 4) is 0 Å². The molecule has 0 saturated heterocycles. The molecule has 0 aromatic carbocycles. The van der Waals surface area contributed by atoms with Crippen LogP contribution in [0.3, 0.4) is 0 Å². The summed E-state index contributed by atoms with van der Waals surface area (Å²) in [6.45, 7) is 6.54. The van der Waals surface area contributed by atoms with Gasteiger partial charge in [-0.15, -0.1) is 0 Å². The van der Waals surface area contributed by atoms with Gasteiger partial charge < -0.3 is 14.2 Å². The molecule has 0 aromatic heterocycles. The van der Waals surface area contributed by atoms with Crippen LogP contribution in [0.5, 0.6) is 0 Å². The summed E-state index contributed by atoms with van der Waals surface area (Å²) < 4.78 is 16.9. The first-order valence-corrected chi connectivity index (χ1v) is 31.4. The van der Waals surface area contributed by atoms with Gasteiger partial charge in [-0.1, -0.05) is 280 Å². The van der Waals surface area contributed by atoms with E-state index < -0.39 is 6.10 Å². The standard InChI is InChI=1S/C67H118O6/c1-4-7-10-13-16-19-22-24-26-28-30-32-33-35-36-38-40-42-45-48-51-54-57-60-66(69)72-63-64(62-71-65(68)59-56-53-50-47-44-21-18-15-12-9-6-3)73-67(70)61-58-55-52-49-46-43-41-39-37-34-31-29-27-25-23-20-17-14-11-8-5-2/h8,11,17,20,25,27-28,30-31,34,39,41,64H,4-7,9-10,12-16,18-19,21-24,26,29,32-33,35-38,40,42-63H2,1-3H3/b11-8-,20-17-,27-25-,30-28-,34-31-,41-39-. The van der Waals surface area contributed by atoms with Gasteiger partial charge in [-0.05, 0) is 89.9 Å². The maximum atomic E-state index is 12.9. The number of ether oxygens (including phenoxy) is 3. The first-order valence-electron chi connectivity index (χ1n) is 31.4. The maximum Gasteiger partial charge on any atom is 0.306 e. The molecule has 0 rings (SSSR count). The van der Waals surface area contributed by atoms with E-state index in [1.807, 2.05) is 0 Å². The van der Waals surface area contributed by atoms with Gasteiger partial charge in [0.05, 0.1) is 0 Å². The number of unbranched alkanes of at least 4 members (excludes halogenated alkanes) is 34. The van der Waals surface area contributed by atoms with Gasteiger partial charge in [0.15, 0.2) is 6.10 Å². The van der Waals surface area contributed by atoms with Gasteiger partial charge in [-0.2, -0.15) is 0 Å². The molecule has 0 radical (unpaired) electrons. The molecule has 6 heteroatoms. The highest BCUT2D eigenvalue weighted by Crippen LogP contribution is 2.16. The Kier molecular flexibility index (Phi) is 58.7. The molecule has 6 nitrogen and oxygen atoms in total. The molecule has 0 aromatic rings. The van der Waals surface area contributed by atoms with Gasteiger partial charge in [-0.25, -0.2) is 0 Å². The highest BCUT2D eigenvalue weighted by Gasteiger charge is 2.19. The second-order valence-electron chi connectivity index (χ2n) is 20.9. The topological polar surface area (TPSA) is 78.9 Å². The Hall–Kier alpha value is -3.15. The molecule has 0 bridgehead atoms. The number of hydrogen-bond donors (Lipinski definition) is 0. The largest absolute Gasteiger partial charge is 0.462 e. The molecular formula is C67H118O6. The van der Waals surface area contributed by atoms with Crippen molar-refractivity contribution in [3.05, 3.63) is 72.9 Å². The predicted octanol–water partition coefficient (Wildman–Crippen LogP) is 21.3. The summed E-state index contributed by atoms with van der Waals surface area (Å²) >= 11 is 0. The lowest BCUT2D eigenvalue weighted by molar-refractivity contribution is -0.167. The summed E-state index contributed by atoms with van der Waals surface area (Å²) in [6.07, 6.45) is 79.1. The molecule has 0 aliphatic rings. The Bertz CT molecular complexity index is 1360. The third-order valence-electron chi connectivity index (χ3n) is 13.7. The van der Waals surface area contributed by atoms with Crippen molar-refractivity contribution in [2.24, 2.45) is 0 Å². The van der Waals surface area contributed by atoms with Gasteiger partial charge in [-0.3, -0.25) is 14.4 Å². The van der Waals surface area contributed by atoms with Crippen molar-refractivity contribution in [3.63, 3.8) is 0 Å². The zero-order valence-electron chi connectivity index (χ0n) is 48.4. The summed E-state index contributed by atoms with van der Waals surface area (Å²) in [4.78, 5) is 38.2. The van der Waals surface area contributed by atoms with E-state index in [9.17, 15) is 14.4 Å². The summed E-state index contributed by atoms with van der Waals surface area (Å²) in [6, 6.07) is 0. The molecule has 0 fully saturated rings. The van der Waals surface area contributed by atoms with E-state index in [-0.39, 0.29) is 31.1 Å². The number of allylic oxidation sites excluding steroid dienone is 12. The number of carbonyl (C=O) groups excluding carboxylic acids is 3. The molecule has 422 valence electrons. The SMILES string of the molecule is CC/C=C\C/C=C\C/C=C\C/C=C\C/C=C\CCCCCCCC(=O)OC(COC(=O)CCCCCCCCCCCCC)COC(=O)CCCCCCCCCCCCC/C=C\CCCCCCCCCC. The van der Waals surface area contributed by atoms with Crippen molar-refractivity contribution in [2.45, 2.75) is 322 Å². The van der Waals surface area contributed by atoms with E-state index in [0.29, 0.717) is 19.3 Å². The second kappa shape index (κ2) is 61.4. The van der Waals surface area contributed by atoms with Crippen molar-refractivity contribution in [1.29, 1.82) is 0 Å². The smallest absolute Gasteiger partial charge is 0.306 e. The van der Waals surface area contributed by atoms with Crippen molar-refractivity contribution in [1.82, 2.24) is 0 Å². The van der Waals surface area contributed by atoms with Crippen LogP contribution in [-0.4, -0.2) is 37.2 Å². The monoisotopic (exact) mass is 1020 g/mol. The lowest BCUT2D eigenvalue weighted by Crippen LogP contribution is -2.30. The van der Waals surface area contributed by atoms with Gasteiger partial charge in [0.2, 0.25) is 0 Å². The number of hydrogen-bond acceptors (Lipinski definition) is 6. The molecule has 0 spiro atoms. The summed E-state index contributed by atoms with van der Waals surface area (Å²) in [7, 11) is 0. The van der Waals surface area contributed by atoms with Crippen LogP contribution in [0, 0.1) is 0 Å². The molecule has 0 saturated carbocycles. The van der Waals surface area contributed by atoms with Crippen LogP contribution >= 0.6 is 0 Å². The van der Waals surface area contributed by atoms with Gasteiger partial charge in [0.25, 0.3) is 0 Å². The third-order valence-corrected chi connectivity index (χ3v) is 13.7. The fourth-order valence-corrected chi connectivity index (χ4v) is 9.00. The summed E-state index contributed by atoms with van der Waals surface area (Å²) in [5.74, 6) is -0.888. The molecule has 0 heterocycles. The van der Waals surface area contributed by atoms with E-state index in [1.165, 1.54) is 167 Å². The van der Waals surface area contributed by atoms with Crippen molar-refractivity contribution >= 4 is 17.9 Å². The Morgan fingerprint density at radius 3 is 0.849 bits per heavy atom. The normalized spacial score (nSPS) is 12.5. The molecule has 73 heavy (non-hydrogen) atoms. The van der Waals surface area contributed by atoms with Crippen LogP contribution in [0.1, 0.15) is 316 Å². The fourth-order valence-electron chi connectivity index (χ4n) is 9.00. The summed E-state index contributed by atoms with van der Waals surface area (Å²) in [5.41, 5.74) is 0. The van der Waals surface area contributed by atoms with Gasteiger partial charge in [0.1, 0.15) is 13.2 Å². The molecule has 0 aliphatic heterocycles. The van der Waals surface area contributed by atoms with Crippen LogP contribution in [0.15, 0.2) is 72.9 Å². The predicted molar refractivity (Wildman–Crippen MR) is 316 cm³/mol. The van der Waals surface area contributed by atoms with Gasteiger partial charge >= 0.3 is 17.9 Å². The summed E-state index contributed by atoms with van der Waals surface area (Å²) in [5, 5.41) is 0. The van der Waals surface area contributed by atoms with E-state index in [4.69, 9.17) is 14.2 Å². The molecule has 0 aliphatic carbocycles. The lowest BCUT2D eigenvalue weighted by atomic mass is 10.0. The highest BCUT2D eigenvalue weighted by molar-refractivity contribution is 5.71. The fraction of sp³-hybridized carbons (Fsp3) is 0.776. The molecule has 1 unspecified atom stereocenters. The number of rotatable bonds is 57. The quantitative estimate of drug-likeness (QED) is 0.0261. The Morgan fingerprint density at radius 1 is 0.288 bits per heavy atom. The zero-order chi connectivity index (χ0) is 52.9. The first-order chi connectivity index (χ1) is 36.0. The number of carbonyl (C=O) groups is 3. The van der Waals surface area contributed by atoms with Crippen LogP contribution in [0.4, 0.5) is 0 Å². The number of esters is 3. The third kappa shape index (κ3) is 59.6. The van der Waals surface area contributed by atoms with Crippen LogP contribution < -0.4 is 0 Å². The molecule has 0 N–H and O–H groups in total. The Balaban J connectivity index is 4.31. The van der Waals surface area contributed by atoms with Gasteiger partial charge in [0, 0.05) is 19.3 Å². The van der Waals surface area contributed by atoms with Crippen molar-refractivity contribution < 1.29 is 28.6 Å². The minimum atomic E-state index is -0.785. The van der Waals surface area contributed by atoms with E-state index in [2.05, 4.69) is 93.7 Å². The van der Waals surface area contributed by atoms with Crippen LogP contribution in [0.2, 0.25) is 0 Å². The minimum absolute atomic E-state index is 0.0809. The van der Waals surface area contributed by atoms with Crippen molar-refractivity contribution in [2.75, 3.05) is 13.2 Å². The highest BCUT2D eigenvalue weighted by atomic mass is 16.6. The van der Waals surface area contributed by atoms with E-state index in [0.717, 1.165) is 109 Å². The average Bonchev–Trinajstić information content (AvgIpc) is 3.39. The first kappa shape index (κ1) is 69.8. The van der Waals surface area contributed by atoms with Crippen LogP contribution in [-0.2, 0) is 28.6 Å². The average molecular weight is 1020 g/mol. The molecule has 0 amide bonds. The lowest BCUT2D eigenvalue weighted by Gasteiger charge is -2.18. The second-order valence-corrected chi connectivity index (χ2v) is 20.9. The molecule has 1 atom stereocenters. The van der Waals surface area contributed by atoms with Crippen LogP contribution in [0.25, 0.3) is 0 Å². The Morgan fingerprint density at radius 2 is 0.534 bits per heavy atom. The molecular weight excluding hydrogens is 901 g/mol. The van der Waals surface area contributed by atoms with E-state index in [1.54, 1.807) is 0 Å². The minimum Gasteiger partial charge on any atom is -0.462 e. The van der Waals surface area contributed by atoms with E-state index >= 15 is 0 Å². The Labute approximate surface area is 453 Å². The maximum absolute atomic E-state index is 12.9.